The van der Waals surface area contributed by atoms with E-state index >= 15 is 0 Å². The Balaban J connectivity index is 2.12. The van der Waals surface area contributed by atoms with Crippen molar-refractivity contribution in [1.82, 2.24) is 5.32 Å². The molecule has 0 aliphatic carbocycles. The molecule has 0 radical (unpaired) electrons. The topological polar surface area (TPSA) is 75.3 Å². The summed E-state index contributed by atoms with van der Waals surface area (Å²) in [4.78, 5) is 12.5. The summed E-state index contributed by atoms with van der Waals surface area (Å²) in [5.41, 5.74) is 3.31. The van der Waals surface area contributed by atoms with Gasteiger partial charge in [0.2, 0.25) is 15.9 Å². The Labute approximate surface area is 184 Å². The highest BCUT2D eigenvalue weighted by Crippen LogP contribution is 2.25. The Morgan fingerprint density at radius 2 is 1.77 bits per heavy atom. The number of carbonyl (C=O) groups excluding carboxylic acids is 1. The number of benzene rings is 2. The lowest BCUT2D eigenvalue weighted by molar-refractivity contribution is -0.117. The van der Waals surface area contributed by atoms with E-state index in [1.165, 1.54) is 17.7 Å². The molecule has 2 aromatic rings. The molecule has 1 amide bonds. The summed E-state index contributed by atoms with van der Waals surface area (Å²) in [5, 5.41) is 2.75. The van der Waals surface area contributed by atoms with Gasteiger partial charge in [-0.1, -0.05) is 57.7 Å². The highest BCUT2D eigenvalue weighted by Gasteiger charge is 2.15. The average Bonchev–Trinajstić information content (AvgIpc) is 2.66. The summed E-state index contributed by atoms with van der Waals surface area (Å²) in [6.45, 7) is 11.8. The van der Waals surface area contributed by atoms with Gasteiger partial charge < -0.3 is 5.32 Å². The van der Waals surface area contributed by atoms with Crippen molar-refractivity contribution in [1.29, 1.82) is 0 Å². The Kier molecular flexibility index (Phi) is 7.44. The first-order valence-corrected chi connectivity index (χ1v) is 11.7. The fourth-order valence-corrected chi connectivity index (χ4v) is 3.55. The van der Waals surface area contributed by atoms with Crippen LogP contribution in [-0.4, -0.2) is 20.6 Å². The monoisotopic (exact) mass is 444 g/mol. The predicted octanol–water partition coefficient (Wildman–Crippen LogP) is 4.86. The third-order valence-corrected chi connectivity index (χ3v) is 5.23. The fourth-order valence-electron chi connectivity index (χ4n) is 2.96. The van der Waals surface area contributed by atoms with Crippen molar-refractivity contribution in [3.05, 3.63) is 76.6 Å². The van der Waals surface area contributed by atoms with Crippen LogP contribution in [0.4, 0.5) is 10.1 Å². The maximum absolute atomic E-state index is 14.4. The fraction of sp³-hybridized carbons (Fsp3) is 0.292. The van der Waals surface area contributed by atoms with Crippen LogP contribution in [0.3, 0.4) is 0 Å². The van der Waals surface area contributed by atoms with Gasteiger partial charge in [-0.15, -0.1) is 0 Å². The van der Waals surface area contributed by atoms with E-state index in [0.717, 1.165) is 11.8 Å². The zero-order valence-corrected chi connectivity index (χ0v) is 19.4. The molecular formula is C24H29FN2O3S. The van der Waals surface area contributed by atoms with Crippen LogP contribution in [-0.2, 0) is 26.8 Å². The normalized spacial score (nSPS) is 12.4. The van der Waals surface area contributed by atoms with Gasteiger partial charge in [0.15, 0.2) is 0 Å². The number of carbonyl (C=O) groups is 1. The first-order valence-electron chi connectivity index (χ1n) is 9.80. The number of nitrogens with one attached hydrogen (secondary N) is 2. The molecule has 166 valence electrons. The molecule has 31 heavy (non-hydrogen) atoms. The van der Waals surface area contributed by atoms with Crippen LogP contribution in [0.5, 0.6) is 0 Å². The Morgan fingerprint density at radius 1 is 1.16 bits per heavy atom. The molecule has 2 aromatic carbocycles. The van der Waals surface area contributed by atoms with Crippen LogP contribution in [0, 0.1) is 5.82 Å². The minimum atomic E-state index is -3.64. The van der Waals surface area contributed by atoms with E-state index in [4.69, 9.17) is 0 Å². The largest absolute Gasteiger partial charge is 0.348 e. The Hall–Kier alpha value is -2.93. The molecule has 0 bridgehead atoms. The van der Waals surface area contributed by atoms with Crippen molar-refractivity contribution < 1.29 is 17.6 Å². The van der Waals surface area contributed by atoms with Gasteiger partial charge in [-0.05, 0) is 47.2 Å². The molecule has 0 unspecified atom stereocenters. The molecular weight excluding hydrogens is 415 g/mol. The molecule has 7 heteroatoms. The molecule has 0 fully saturated rings. The molecule has 0 spiro atoms. The van der Waals surface area contributed by atoms with E-state index in [0.29, 0.717) is 16.7 Å². The number of rotatable bonds is 7. The summed E-state index contributed by atoms with van der Waals surface area (Å²) in [6, 6.07) is 10.8. The third kappa shape index (κ3) is 7.07. The van der Waals surface area contributed by atoms with E-state index in [1.54, 1.807) is 19.1 Å². The first-order chi connectivity index (χ1) is 14.3. The van der Waals surface area contributed by atoms with E-state index in [1.807, 2.05) is 24.3 Å². The quantitative estimate of drug-likeness (QED) is 0.599. The van der Waals surface area contributed by atoms with Crippen LogP contribution in [0.15, 0.2) is 48.6 Å². The number of anilines is 1. The molecule has 0 aliphatic rings. The Bertz CT molecular complexity index is 1110. The van der Waals surface area contributed by atoms with Crippen molar-refractivity contribution >= 4 is 33.8 Å². The smallest absolute Gasteiger partial charge is 0.247 e. The van der Waals surface area contributed by atoms with Crippen molar-refractivity contribution in [2.24, 2.45) is 0 Å². The molecule has 0 aromatic heterocycles. The molecule has 2 N–H and O–H groups in total. The van der Waals surface area contributed by atoms with E-state index < -0.39 is 15.8 Å². The molecule has 0 heterocycles. The number of halogens is 1. The van der Waals surface area contributed by atoms with Crippen molar-refractivity contribution in [3.63, 3.8) is 0 Å². The van der Waals surface area contributed by atoms with Crippen LogP contribution in [0.1, 0.15) is 49.9 Å². The van der Waals surface area contributed by atoms with Crippen LogP contribution in [0.25, 0.3) is 12.2 Å². The van der Waals surface area contributed by atoms with Crippen molar-refractivity contribution in [2.45, 2.75) is 39.7 Å². The maximum atomic E-state index is 14.4. The standard InChI is InChI=1S/C24H29FN2O3S/c1-7-19-13-18(14-21(25)22(19)27-31(6,29)30)15-26-23(28)16(2)12-17-8-10-20(11-9-17)24(3,4)5/h7-14,27H,1,15H2,2-6H3,(H,26,28)/b16-12+. The SMILES string of the molecule is C=Cc1cc(CNC(=O)/C(C)=C/c2ccc(C(C)(C)C)cc2)cc(F)c1NS(C)(=O)=O. The van der Waals surface area contributed by atoms with E-state index in [2.05, 4.69) is 37.4 Å². The minimum absolute atomic E-state index is 0.0562. The highest BCUT2D eigenvalue weighted by molar-refractivity contribution is 7.92. The van der Waals surface area contributed by atoms with Gasteiger partial charge in [0.25, 0.3) is 0 Å². The highest BCUT2D eigenvalue weighted by atomic mass is 32.2. The molecule has 0 saturated heterocycles. The lowest BCUT2D eigenvalue weighted by Gasteiger charge is -2.18. The summed E-state index contributed by atoms with van der Waals surface area (Å²) < 4.78 is 39.4. The van der Waals surface area contributed by atoms with Gasteiger partial charge in [-0.25, -0.2) is 12.8 Å². The number of amides is 1. The molecule has 0 aliphatic heterocycles. The van der Waals surface area contributed by atoms with Crippen molar-refractivity contribution in [2.75, 3.05) is 11.0 Å². The third-order valence-electron chi connectivity index (χ3n) is 4.66. The Morgan fingerprint density at radius 3 is 2.29 bits per heavy atom. The van der Waals surface area contributed by atoms with Crippen LogP contribution in [0.2, 0.25) is 0 Å². The lowest BCUT2D eigenvalue weighted by atomic mass is 9.86. The number of hydrogen-bond acceptors (Lipinski definition) is 3. The average molecular weight is 445 g/mol. The van der Waals surface area contributed by atoms with E-state index in [9.17, 15) is 17.6 Å². The summed E-state index contributed by atoms with van der Waals surface area (Å²) >= 11 is 0. The van der Waals surface area contributed by atoms with Crippen molar-refractivity contribution in [3.8, 4) is 0 Å². The molecule has 2 rings (SSSR count). The second-order valence-corrected chi connectivity index (χ2v) is 10.3. The van der Waals surface area contributed by atoms with Crippen LogP contribution >= 0.6 is 0 Å². The summed E-state index contributed by atoms with van der Waals surface area (Å²) in [5.74, 6) is -1.02. The van der Waals surface area contributed by atoms with Gasteiger partial charge in [0.1, 0.15) is 5.82 Å². The van der Waals surface area contributed by atoms with Crippen LogP contribution < -0.4 is 10.0 Å². The second kappa shape index (κ2) is 9.47. The molecule has 0 saturated carbocycles. The van der Waals surface area contributed by atoms with E-state index in [-0.39, 0.29) is 23.6 Å². The minimum Gasteiger partial charge on any atom is -0.348 e. The molecule has 0 atom stereocenters. The zero-order chi connectivity index (χ0) is 23.4. The molecule has 5 nitrogen and oxygen atoms in total. The first kappa shape index (κ1) is 24.3. The van der Waals surface area contributed by atoms with Gasteiger partial charge in [0.05, 0.1) is 11.9 Å². The zero-order valence-electron chi connectivity index (χ0n) is 18.5. The van der Waals surface area contributed by atoms with Gasteiger partial charge in [-0.3, -0.25) is 9.52 Å². The van der Waals surface area contributed by atoms with Gasteiger partial charge in [0, 0.05) is 17.7 Å². The van der Waals surface area contributed by atoms with Gasteiger partial charge in [-0.2, -0.15) is 0 Å². The predicted molar refractivity (Wildman–Crippen MR) is 126 cm³/mol. The maximum Gasteiger partial charge on any atom is 0.247 e. The summed E-state index contributed by atoms with van der Waals surface area (Å²) in [7, 11) is -3.64. The van der Waals surface area contributed by atoms with Gasteiger partial charge >= 0.3 is 0 Å². The second-order valence-electron chi connectivity index (χ2n) is 8.50. The lowest BCUT2D eigenvalue weighted by Crippen LogP contribution is -2.23. The number of hydrogen-bond donors (Lipinski definition) is 2. The summed E-state index contributed by atoms with van der Waals surface area (Å²) in [6.07, 6.45) is 4.09. The number of sulfonamides is 1.